The summed E-state index contributed by atoms with van der Waals surface area (Å²) >= 11 is 5.69. The summed E-state index contributed by atoms with van der Waals surface area (Å²) in [4.78, 5) is 0. The first-order chi connectivity index (χ1) is 8.69. The third-order valence-electron chi connectivity index (χ3n) is 2.62. The van der Waals surface area contributed by atoms with Crippen LogP contribution in [0.5, 0.6) is 0 Å². The molecule has 1 atom stereocenters. The molecule has 1 N–H and O–H groups in total. The minimum absolute atomic E-state index is 0.0169. The van der Waals surface area contributed by atoms with E-state index in [4.69, 9.17) is 16.3 Å². The first-order valence-corrected chi connectivity index (χ1v) is 6.82. The summed E-state index contributed by atoms with van der Waals surface area (Å²) in [5.41, 5.74) is 0.876. The fourth-order valence-electron chi connectivity index (χ4n) is 1.67. The lowest BCUT2D eigenvalue weighted by atomic mass is 10.1. The van der Waals surface area contributed by atoms with Gasteiger partial charge in [-0.1, -0.05) is 31.5 Å². The molecular formula is C14H21ClFNO. The van der Waals surface area contributed by atoms with Crippen LogP contribution in [0, 0.1) is 5.82 Å². The summed E-state index contributed by atoms with van der Waals surface area (Å²) in [6.45, 7) is 6.32. The van der Waals surface area contributed by atoms with Crippen LogP contribution in [-0.2, 0) is 4.74 Å². The molecule has 2 nitrogen and oxygen atoms in total. The summed E-state index contributed by atoms with van der Waals surface area (Å²) in [6.07, 6.45) is 2.01. The van der Waals surface area contributed by atoms with E-state index in [-0.39, 0.29) is 16.9 Å². The summed E-state index contributed by atoms with van der Waals surface area (Å²) < 4.78 is 19.0. The van der Waals surface area contributed by atoms with E-state index in [9.17, 15) is 4.39 Å². The monoisotopic (exact) mass is 273 g/mol. The SMILES string of the molecule is CCCNC(COCCC)c1ccc(Cl)c(F)c1. The highest BCUT2D eigenvalue weighted by molar-refractivity contribution is 6.30. The van der Waals surface area contributed by atoms with Crippen molar-refractivity contribution in [3.05, 3.63) is 34.6 Å². The van der Waals surface area contributed by atoms with Crippen molar-refractivity contribution in [3.63, 3.8) is 0 Å². The predicted octanol–water partition coefficient (Wildman–Crippen LogP) is 3.95. The standard InChI is InChI=1S/C14H21ClFNO/c1-3-7-17-14(10-18-8-4-2)11-5-6-12(15)13(16)9-11/h5-6,9,14,17H,3-4,7-8,10H2,1-2H3. The van der Waals surface area contributed by atoms with Crippen LogP contribution < -0.4 is 5.32 Å². The highest BCUT2D eigenvalue weighted by Gasteiger charge is 2.12. The lowest BCUT2D eigenvalue weighted by molar-refractivity contribution is 0.112. The molecule has 1 aromatic carbocycles. The smallest absolute Gasteiger partial charge is 0.142 e. The first kappa shape index (κ1) is 15.4. The maximum Gasteiger partial charge on any atom is 0.142 e. The van der Waals surface area contributed by atoms with E-state index >= 15 is 0 Å². The van der Waals surface area contributed by atoms with Gasteiger partial charge in [0.15, 0.2) is 0 Å². The number of ether oxygens (including phenoxy) is 1. The molecule has 0 fully saturated rings. The Morgan fingerprint density at radius 1 is 1.33 bits per heavy atom. The van der Waals surface area contributed by atoms with Crippen LogP contribution >= 0.6 is 11.6 Å². The van der Waals surface area contributed by atoms with E-state index < -0.39 is 0 Å². The van der Waals surface area contributed by atoms with E-state index in [0.29, 0.717) is 6.61 Å². The Hall–Kier alpha value is -0.640. The van der Waals surface area contributed by atoms with Gasteiger partial charge < -0.3 is 10.1 Å². The van der Waals surface area contributed by atoms with Gasteiger partial charge in [0.25, 0.3) is 0 Å². The van der Waals surface area contributed by atoms with E-state index in [2.05, 4.69) is 19.2 Å². The van der Waals surface area contributed by atoms with E-state index in [1.807, 2.05) is 6.07 Å². The van der Waals surface area contributed by atoms with Gasteiger partial charge in [0.2, 0.25) is 0 Å². The normalized spacial score (nSPS) is 12.7. The molecule has 0 aliphatic heterocycles. The van der Waals surface area contributed by atoms with Crippen LogP contribution in [0.1, 0.15) is 38.3 Å². The molecule has 102 valence electrons. The highest BCUT2D eigenvalue weighted by Crippen LogP contribution is 2.20. The molecule has 1 unspecified atom stereocenters. The van der Waals surface area contributed by atoms with Gasteiger partial charge in [-0.2, -0.15) is 0 Å². The summed E-state index contributed by atoms with van der Waals surface area (Å²) in [7, 11) is 0. The minimum Gasteiger partial charge on any atom is -0.379 e. The van der Waals surface area contributed by atoms with Crippen LogP contribution in [0.4, 0.5) is 4.39 Å². The molecule has 0 amide bonds. The second-order valence-corrected chi connectivity index (χ2v) is 4.66. The number of hydrogen-bond acceptors (Lipinski definition) is 2. The number of halogens is 2. The average molecular weight is 274 g/mol. The number of hydrogen-bond donors (Lipinski definition) is 1. The van der Waals surface area contributed by atoms with E-state index in [1.54, 1.807) is 6.07 Å². The second kappa shape index (κ2) is 8.46. The molecule has 0 bridgehead atoms. The molecule has 0 spiro atoms. The summed E-state index contributed by atoms with van der Waals surface area (Å²) in [5, 5.41) is 3.51. The van der Waals surface area contributed by atoms with Crippen LogP contribution in [-0.4, -0.2) is 19.8 Å². The lowest BCUT2D eigenvalue weighted by Crippen LogP contribution is -2.26. The van der Waals surface area contributed by atoms with Gasteiger partial charge in [0.05, 0.1) is 17.7 Å². The largest absolute Gasteiger partial charge is 0.379 e. The number of rotatable bonds is 8. The van der Waals surface area contributed by atoms with Crippen molar-refractivity contribution >= 4 is 11.6 Å². The maximum absolute atomic E-state index is 13.4. The van der Waals surface area contributed by atoms with Gasteiger partial charge in [-0.25, -0.2) is 4.39 Å². The van der Waals surface area contributed by atoms with Gasteiger partial charge >= 0.3 is 0 Å². The number of nitrogens with one attached hydrogen (secondary N) is 1. The molecule has 18 heavy (non-hydrogen) atoms. The molecule has 0 heterocycles. The van der Waals surface area contributed by atoms with Gasteiger partial charge in [-0.15, -0.1) is 0 Å². The molecule has 0 saturated carbocycles. The molecule has 0 aliphatic carbocycles. The van der Waals surface area contributed by atoms with Crippen molar-refractivity contribution in [2.75, 3.05) is 19.8 Å². The molecule has 1 aromatic rings. The Bertz CT molecular complexity index is 360. The molecule has 0 aromatic heterocycles. The summed E-state index contributed by atoms with van der Waals surface area (Å²) in [5.74, 6) is -0.382. The average Bonchev–Trinajstić information content (AvgIpc) is 2.37. The molecule has 0 radical (unpaired) electrons. The minimum atomic E-state index is -0.382. The Kier molecular flexibility index (Phi) is 7.25. The van der Waals surface area contributed by atoms with Crippen molar-refractivity contribution < 1.29 is 9.13 Å². The van der Waals surface area contributed by atoms with Gasteiger partial charge in [0, 0.05) is 6.61 Å². The third-order valence-corrected chi connectivity index (χ3v) is 2.93. The highest BCUT2D eigenvalue weighted by atomic mass is 35.5. The zero-order valence-corrected chi connectivity index (χ0v) is 11.8. The van der Waals surface area contributed by atoms with Crippen LogP contribution in [0.2, 0.25) is 5.02 Å². The summed E-state index contributed by atoms with van der Waals surface area (Å²) in [6, 6.07) is 4.93. The maximum atomic E-state index is 13.4. The molecule has 0 saturated heterocycles. The zero-order chi connectivity index (χ0) is 13.4. The van der Waals surface area contributed by atoms with Crippen LogP contribution in [0.25, 0.3) is 0 Å². The molecular weight excluding hydrogens is 253 g/mol. The van der Waals surface area contributed by atoms with Gasteiger partial charge in [0.1, 0.15) is 5.82 Å². The van der Waals surface area contributed by atoms with Gasteiger partial charge in [-0.05, 0) is 37.1 Å². The zero-order valence-electron chi connectivity index (χ0n) is 11.0. The molecule has 4 heteroatoms. The molecule has 1 rings (SSSR count). The number of benzene rings is 1. The lowest BCUT2D eigenvalue weighted by Gasteiger charge is -2.19. The quantitative estimate of drug-likeness (QED) is 0.724. The van der Waals surface area contributed by atoms with Crippen LogP contribution in [0.3, 0.4) is 0 Å². The first-order valence-electron chi connectivity index (χ1n) is 6.45. The Balaban J connectivity index is 2.70. The topological polar surface area (TPSA) is 21.3 Å². The van der Waals surface area contributed by atoms with Crippen molar-refractivity contribution in [1.29, 1.82) is 0 Å². The Morgan fingerprint density at radius 3 is 2.72 bits per heavy atom. The van der Waals surface area contributed by atoms with E-state index in [0.717, 1.165) is 31.6 Å². The Labute approximate surface area is 113 Å². The molecule has 0 aliphatic rings. The van der Waals surface area contributed by atoms with Crippen molar-refractivity contribution in [2.45, 2.75) is 32.7 Å². The predicted molar refractivity (Wildman–Crippen MR) is 73.6 cm³/mol. The van der Waals surface area contributed by atoms with Gasteiger partial charge in [-0.3, -0.25) is 0 Å². The van der Waals surface area contributed by atoms with Crippen molar-refractivity contribution in [2.24, 2.45) is 0 Å². The van der Waals surface area contributed by atoms with E-state index in [1.165, 1.54) is 6.07 Å². The fraction of sp³-hybridized carbons (Fsp3) is 0.571. The van der Waals surface area contributed by atoms with Crippen molar-refractivity contribution in [1.82, 2.24) is 5.32 Å². The fourth-order valence-corrected chi connectivity index (χ4v) is 1.78. The van der Waals surface area contributed by atoms with Crippen molar-refractivity contribution in [3.8, 4) is 0 Å². The second-order valence-electron chi connectivity index (χ2n) is 4.26. The van der Waals surface area contributed by atoms with Crippen LogP contribution in [0.15, 0.2) is 18.2 Å². The third kappa shape index (κ3) is 4.92. The Morgan fingerprint density at radius 2 is 2.11 bits per heavy atom.